The number of benzene rings is 2. The van der Waals surface area contributed by atoms with E-state index in [4.69, 9.17) is 9.94 Å². The molecule has 0 aliphatic rings. The van der Waals surface area contributed by atoms with E-state index in [1.807, 2.05) is 0 Å². The first-order valence-electron chi connectivity index (χ1n) is 10.6. The summed E-state index contributed by atoms with van der Waals surface area (Å²) in [4.78, 5) is 31.4. The van der Waals surface area contributed by atoms with Crippen molar-refractivity contribution in [1.29, 1.82) is 0 Å². The average Bonchev–Trinajstić information content (AvgIpc) is 3.33. The number of hydroxylamine groups is 1. The van der Waals surface area contributed by atoms with Crippen LogP contribution in [0.5, 0.6) is 5.75 Å². The second-order valence-electron chi connectivity index (χ2n) is 7.37. The maximum absolute atomic E-state index is 12.7. The van der Waals surface area contributed by atoms with Crippen molar-refractivity contribution in [3.05, 3.63) is 54.4 Å². The number of sulfonamides is 1. The fourth-order valence-corrected chi connectivity index (χ4v) is 4.40. The van der Waals surface area contributed by atoms with Crippen LogP contribution in [0.3, 0.4) is 0 Å². The molecule has 0 saturated heterocycles. The summed E-state index contributed by atoms with van der Waals surface area (Å²) in [6.45, 7) is 2.04. The number of fused-ring (bicyclic) bond motifs is 1. The van der Waals surface area contributed by atoms with Crippen molar-refractivity contribution < 1.29 is 28.0 Å². The molecule has 184 valence electrons. The smallest absolute Gasteiger partial charge is 0.261 e. The number of ether oxygens (including phenoxy) is 1. The van der Waals surface area contributed by atoms with Gasteiger partial charge in [0.15, 0.2) is 0 Å². The van der Waals surface area contributed by atoms with Crippen LogP contribution in [0, 0.1) is 11.8 Å². The zero-order valence-corrected chi connectivity index (χ0v) is 19.7. The molecule has 0 spiro atoms. The summed E-state index contributed by atoms with van der Waals surface area (Å²) < 4.78 is 33.1. The number of imidazole rings is 1. The van der Waals surface area contributed by atoms with Gasteiger partial charge < -0.3 is 15.0 Å². The van der Waals surface area contributed by atoms with Gasteiger partial charge in [0.05, 0.1) is 22.3 Å². The van der Waals surface area contributed by atoms with Crippen LogP contribution in [-0.2, 0) is 14.8 Å². The van der Waals surface area contributed by atoms with Crippen LogP contribution >= 0.6 is 0 Å². The number of nitrogens with one attached hydrogen (secondary N) is 4. The van der Waals surface area contributed by atoms with Gasteiger partial charge in [0.2, 0.25) is 10.0 Å². The zero-order valence-electron chi connectivity index (χ0n) is 18.9. The number of carbonyl (C=O) groups is 2. The lowest BCUT2D eigenvalue weighted by molar-refractivity contribution is -0.131. The summed E-state index contributed by atoms with van der Waals surface area (Å²) in [5.41, 5.74) is 3.35. The fraction of sp³-hybridized carbons (Fsp3) is 0.261. The van der Waals surface area contributed by atoms with Gasteiger partial charge in [-0.25, -0.2) is 18.9 Å². The number of hydrogen-bond donors (Lipinski definition) is 5. The van der Waals surface area contributed by atoms with E-state index in [1.54, 1.807) is 25.1 Å². The van der Waals surface area contributed by atoms with E-state index >= 15 is 0 Å². The maximum atomic E-state index is 12.7. The maximum Gasteiger partial charge on any atom is 0.261 e. The average molecular weight is 500 g/mol. The predicted octanol–water partition coefficient (Wildman–Crippen LogP) is 1.33. The van der Waals surface area contributed by atoms with Crippen molar-refractivity contribution in [3.63, 3.8) is 0 Å². The number of rotatable bonds is 11. The Morgan fingerprint density at radius 1 is 1.20 bits per heavy atom. The van der Waals surface area contributed by atoms with E-state index < -0.39 is 22.0 Å². The molecule has 0 bridgehead atoms. The Morgan fingerprint density at radius 3 is 2.69 bits per heavy atom. The third-order valence-corrected chi connectivity index (χ3v) is 6.47. The molecule has 0 fully saturated rings. The Morgan fingerprint density at radius 2 is 1.97 bits per heavy atom. The molecule has 1 aromatic heterocycles. The lowest BCUT2D eigenvalue weighted by Gasteiger charge is -2.17. The molecule has 1 heterocycles. The van der Waals surface area contributed by atoms with Gasteiger partial charge in [0.1, 0.15) is 18.4 Å². The van der Waals surface area contributed by atoms with Gasteiger partial charge in [-0.05, 0) is 62.2 Å². The van der Waals surface area contributed by atoms with Crippen LogP contribution in [0.15, 0.2) is 53.7 Å². The normalized spacial score (nSPS) is 11.8. The molecule has 11 nitrogen and oxygen atoms in total. The van der Waals surface area contributed by atoms with E-state index in [2.05, 4.69) is 31.8 Å². The van der Waals surface area contributed by atoms with E-state index in [1.165, 1.54) is 36.1 Å². The highest BCUT2D eigenvalue weighted by molar-refractivity contribution is 7.89. The highest BCUT2D eigenvalue weighted by atomic mass is 32.2. The molecule has 5 N–H and O–H groups in total. The second-order valence-corrected chi connectivity index (χ2v) is 9.08. The van der Waals surface area contributed by atoms with Gasteiger partial charge in [0.25, 0.3) is 11.8 Å². The van der Waals surface area contributed by atoms with E-state index in [0.717, 1.165) is 5.52 Å². The molecule has 1 atom stereocenters. The number of H-pyrrole nitrogens is 1. The molecule has 0 aliphatic carbocycles. The number of nitrogens with zero attached hydrogens (tertiary/aromatic N) is 1. The summed E-state index contributed by atoms with van der Waals surface area (Å²) >= 11 is 0. The summed E-state index contributed by atoms with van der Waals surface area (Å²) in [5.74, 6) is 4.62. The minimum Gasteiger partial charge on any atom is -0.481 e. The third kappa shape index (κ3) is 7.03. The molecule has 35 heavy (non-hydrogen) atoms. The number of aromatic amines is 1. The quantitative estimate of drug-likeness (QED) is 0.115. The van der Waals surface area contributed by atoms with Crippen molar-refractivity contribution >= 4 is 32.9 Å². The van der Waals surface area contributed by atoms with Crippen LogP contribution in [0.1, 0.15) is 30.1 Å². The van der Waals surface area contributed by atoms with Crippen molar-refractivity contribution in [2.75, 3.05) is 13.2 Å². The summed E-state index contributed by atoms with van der Waals surface area (Å²) in [5, 5.41) is 11.8. The predicted molar refractivity (Wildman–Crippen MR) is 127 cm³/mol. The van der Waals surface area contributed by atoms with Gasteiger partial charge in [-0.2, -0.15) is 4.72 Å². The molecule has 0 aliphatic heterocycles. The first-order chi connectivity index (χ1) is 16.8. The molecule has 3 aromatic rings. The Balaban J connectivity index is 1.55. The van der Waals surface area contributed by atoms with E-state index in [-0.39, 0.29) is 36.8 Å². The third-order valence-electron chi connectivity index (χ3n) is 4.98. The van der Waals surface area contributed by atoms with Crippen molar-refractivity contribution in [3.8, 4) is 17.6 Å². The zero-order chi connectivity index (χ0) is 25.3. The topological polar surface area (TPSA) is 163 Å². The highest BCUT2D eigenvalue weighted by Crippen LogP contribution is 2.17. The molecular formula is C23H25N5O6S. The SMILES string of the molecule is CC#CCOc1ccc(S(=O)(=O)N[C@H](CCCNC(=O)c2ccc3[nH]cnc3c2)C(=O)NO)cc1. The van der Waals surface area contributed by atoms with Gasteiger partial charge in [-0.3, -0.25) is 14.8 Å². The van der Waals surface area contributed by atoms with Gasteiger partial charge in [0, 0.05) is 12.1 Å². The van der Waals surface area contributed by atoms with Gasteiger partial charge >= 0.3 is 0 Å². The lowest BCUT2D eigenvalue weighted by atomic mass is 10.1. The first kappa shape index (κ1) is 25.7. The summed E-state index contributed by atoms with van der Waals surface area (Å²) in [6.07, 6.45) is 1.83. The minimum atomic E-state index is -4.07. The molecule has 0 radical (unpaired) electrons. The Kier molecular flexibility index (Phi) is 8.80. The van der Waals surface area contributed by atoms with Crippen molar-refractivity contribution in [1.82, 2.24) is 25.5 Å². The molecule has 12 heteroatoms. The molecular weight excluding hydrogens is 474 g/mol. The number of aromatic nitrogens is 2. The first-order valence-corrected chi connectivity index (χ1v) is 12.1. The largest absolute Gasteiger partial charge is 0.481 e. The van der Waals surface area contributed by atoms with Crippen LogP contribution in [-0.4, -0.2) is 54.6 Å². The van der Waals surface area contributed by atoms with Crippen molar-refractivity contribution in [2.24, 2.45) is 0 Å². The highest BCUT2D eigenvalue weighted by Gasteiger charge is 2.25. The van der Waals surface area contributed by atoms with Crippen molar-refractivity contribution in [2.45, 2.75) is 30.7 Å². The number of hydrogen-bond acceptors (Lipinski definition) is 7. The van der Waals surface area contributed by atoms with Crippen LogP contribution < -0.4 is 20.3 Å². The Bertz CT molecular complexity index is 1340. The minimum absolute atomic E-state index is 0.0290. The molecule has 2 amide bonds. The Labute approximate surface area is 202 Å². The standard InChI is InChI=1S/C23H25N5O6S/c1-2-3-13-34-17-7-9-18(10-8-17)35(32,33)28-20(23(30)27-31)5-4-12-24-22(29)16-6-11-19-21(14-16)26-15-25-19/h6-11,14-15,20,28,31H,4-5,12-13H2,1H3,(H,24,29)(H,25,26)(H,27,30)/t20-/m1/s1. The lowest BCUT2D eigenvalue weighted by Crippen LogP contribution is -2.46. The molecule has 3 rings (SSSR count). The van der Waals surface area contributed by atoms with Crippen LogP contribution in [0.2, 0.25) is 0 Å². The summed E-state index contributed by atoms with van der Waals surface area (Å²) in [6, 6.07) is 9.41. The molecule has 0 saturated carbocycles. The van der Waals surface area contributed by atoms with Crippen LogP contribution in [0.4, 0.5) is 0 Å². The van der Waals surface area contributed by atoms with Gasteiger partial charge in [-0.1, -0.05) is 5.92 Å². The van der Waals surface area contributed by atoms with Crippen LogP contribution in [0.25, 0.3) is 11.0 Å². The number of carbonyl (C=O) groups excluding carboxylic acids is 2. The van der Waals surface area contributed by atoms with E-state index in [0.29, 0.717) is 16.8 Å². The second kappa shape index (κ2) is 12.0. The van der Waals surface area contributed by atoms with Gasteiger partial charge in [-0.15, -0.1) is 5.92 Å². The summed E-state index contributed by atoms with van der Waals surface area (Å²) in [7, 11) is -4.07. The van der Waals surface area contributed by atoms with E-state index in [9.17, 15) is 18.0 Å². The fourth-order valence-electron chi connectivity index (χ4n) is 3.17. The molecule has 0 unspecified atom stereocenters. The Hall–Kier alpha value is -3.92. The molecule has 2 aromatic carbocycles. The monoisotopic (exact) mass is 499 g/mol. The number of amides is 2.